The van der Waals surface area contributed by atoms with Gasteiger partial charge in [0.2, 0.25) is 11.8 Å². The second-order valence-electron chi connectivity index (χ2n) is 9.21. The third kappa shape index (κ3) is 7.11. The lowest BCUT2D eigenvalue weighted by Gasteiger charge is -2.32. The number of amides is 1. The molecule has 9 nitrogen and oxygen atoms in total. The molecular weight excluding hydrogens is 434 g/mol. The fourth-order valence-electron chi connectivity index (χ4n) is 4.03. The van der Waals surface area contributed by atoms with E-state index in [4.69, 9.17) is 14.9 Å². The van der Waals surface area contributed by atoms with Crippen LogP contribution in [0.5, 0.6) is 5.88 Å². The molecule has 0 spiro atoms. The summed E-state index contributed by atoms with van der Waals surface area (Å²) in [7, 11) is 0. The first-order chi connectivity index (χ1) is 16.4. The van der Waals surface area contributed by atoms with Gasteiger partial charge in [-0.1, -0.05) is 13.8 Å². The summed E-state index contributed by atoms with van der Waals surface area (Å²) in [5.74, 6) is 2.05. The summed E-state index contributed by atoms with van der Waals surface area (Å²) in [6.07, 6.45) is 8.17. The number of nitrogens with zero attached hydrogens (tertiary/aromatic N) is 4. The van der Waals surface area contributed by atoms with Crippen LogP contribution in [0.1, 0.15) is 67.1 Å². The highest BCUT2D eigenvalue weighted by molar-refractivity contribution is 5.95. The number of hydrogen-bond donors (Lipinski definition) is 3. The number of hydrogen-bond acceptors (Lipinski definition) is 8. The van der Waals surface area contributed by atoms with Gasteiger partial charge in [-0.3, -0.25) is 4.79 Å². The van der Waals surface area contributed by atoms with Gasteiger partial charge in [0.25, 0.3) is 5.91 Å². The Morgan fingerprint density at radius 1 is 1.18 bits per heavy atom. The number of carbonyl (C=O) groups is 1. The first kappa shape index (κ1) is 25.8. The molecule has 1 fully saturated rings. The van der Waals surface area contributed by atoms with Gasteiger partial charge in [0.1, 0.15) is 0 Å². The van der Waals surface area contributed by atoms with Gasteiger partial charge in [-0.2, -0.15) is 0 Å². The molecule has 1 aliphatic rings. The fourth-order valence-corrected chi connectivity index (χ4v) is 4.03. The van der Waals surface area contributed by atoms with E-state index in [1.807, 2.05) is 12.4 Å². The quantitative estimate of drug-likeness (QED) is 0.428. The summed E-state index contributed by atoms with van der Waals surface area (Å²) in [5, 5.41) is 20.8. The Kier molecular flexibility index (Phi) is 9.59. The van der Waals surface area contributed by atoms with E-state index in [1.165, 1.54) is 5.56 Å². The Balaban J connectivity index is 1.38. The average molecular weight is 472 g/mol. The largest absolute Gasteiger partial charge is 0.478 e. The number of anilines is 1. The minimum atomic E-state index is -0.687. The minimum Gasteiger partial charge on any atom is -0.478 e. The Labute approximate surface area is 201 Å². The van der Waals surface area contributed by atoms with Gasteiger partial charge < -0.3 is 25.2 Å². The lowest BCUT2D eigenvalue weighted by molar-refractivity contribution is 0.0878. The smallest absolute Gasteiger partial charge is 0.253 e. The predicted molar refractivity (Wildman–Crippen MR) is 130 cm³/mol. The molecule has 0 saturated carbocycles. The molecule has 3 heterocycles. The molecule has 1 saturated heterocycles. The summed E-state index contributed by atoms with van der Waals surface area (Å²) in [6, 6.07) is 2.65. The molecule has 0 atom stereocenters. The second kappa shape index (κ2) is 12.6. The van der Waals surface area contributed by atoms with Gasteiger partial charge in [0, 0.05) is 31.5 Å². The minimum absolute atomic E-state index is 0.325. The molecule has 0 unspecified atom stereocenters. The van der Waals surface area contributed by atoms with Crippen molar-refractivity contribution < 1.29 is 19.7 Å². The van der Waals surface area contributed by atoms with Crippen LogP contribution in [-0.2, 0) is 0 Å². The number of ether oxygens (including phenoxy) is 1. The van der Waals surface area contributed by atoms with Crippen molar-refractivity contribution in [2.45, 2.75) is 58.4 Å². The number of carbonyl (C=O) groups excluding carboxylic acids is 1. The molecule has 0 aromatic carbocycles. The lowest BCUT2D eigenvalue weighted by Crippen LogP contribution is -2.40. The number of piperidine rings is 1. The van der Waals surface area contributed by atoms with Crippen LogP contribution in [0.3, 0.4) is 0 Å². The number of nitrogens with one attached hydrogen (secondary N) is 1. The zero-order valence-electron chi connectivity index (χ0n) is 20.4. The van der Waals surface area contributed by atoms with Crippen molar-refractivity contribution in [1.29, 1.82) is 0 Å². The molecule has 34 heavy (non-hydrogen) atoms. The maximum Gasteiger partial charge on any atom is 0.253 e. The van der Waals surface area contributed by atoms with Crippen LogP contribution in [0.4, 0.5) is 5.95 Å². The monoisotopic (exact) mass is 471 g/mol. The number of aryl methyl sites for hydroxylation is 1. The first-order valence-electron chi connectivity index (χ1n) is 12.1. The Hall–Kier alpha value is -2.78. The van der Waals surface area contributed by atoms with E-state index in [1.54, 1.807) is 19.1 Å². The third-order valence-corrected chi connectivity index (χ3v) is 6.31. The van der Waals surface area contributed by atoms with E-state index in [2.05, 4.69) is 39.0 Å². The molecule has 1 aliphatic heterocycles. The summed E-state index contributed by atoms with van der Waals surface area (Å²) >= 11 is 0. The van der Waals surface area contributed by atoms with Crippen LogP contribution in [0.25, 0.3) is 0 Å². The lowest BCUT2D eigenvalue weighted by atomic mass is 9.92. The molecule has 9 heteroatoms. The molecule has 0 bridgehead atoms. The Bertz CT molecular complexity index is 910. The first-order valence-corrected chi connectivity index (χ1v) is 12.1. The van der Waals surface area contributed by atoms with Gasteiger partial charge in [0.05, 0.1) is 37.1 Å². The van der Waals surface area contributed by atoms with Crippen LogP contribution < -0.4 is 15.0 Å². The van der Waals surface area contributed by atoms with E-state index < -0.39 is 6.04 Å². The van der Waals surface area contributed by atoms with Crippen LogP contribution in [-0.4, -0.2) is 70.0 Å². The number of aromatic nitrogens is 3. The van der Waals surface area contributed by atoms with Crippen LogP contribution in [0.15, 0.2) is 24.5 Å². The number of rotatable bonds is 11. The van der Waals surface area contributed by atoms with Crippen molar-refractivity contribution in [2.75, 3.05) is 37.8 Å². The van der Waals surface area contributed by atoms with Crippen molar-refractivity contribution >= 4 is 11.9 Å². The van der Waals surface area contributed by atoms with Gasteiger partial charge in [0.15, 0.2) is 0 Å². The van der Waals surface area contributed by atoms with E-state index in [0.29, 0.717) is 35.6 Å². The zero-order chi connectivity index (χ0) is 24.5. The molecule has 3 rings (SSSR count). The molecule has 3 N–H and O–H groups in total. The Morgan fingerprint density at radius 2 is 1.85 bits per heavy atom. The fraction of sp³-hybridized carbons (Fsp3) is 0.600. The standard InChI is InChI=1S/C25H37N5O4/c1-17(2)20-13-26-25(27-14-20)30-10-8-19(9-11-30)5-4-12-34-23-7-6-22(18(3)28-23)24(33)29-21(15-31)16-32/h6-7,13-14,17,19,21,31-32H,4-5,8-12,15-16H2,1-3H3,(H,29,33). The van der Waals surface area contributed by atoms with Gasteiger partial charge in [-0.15, -0.1) is 0 Å². The Morgan fingerprint density at radius 3 is 2.44 bits per heavy atom. The van der Waals surface area contributed by atoms with Gasteiger partial charge in [-0.05, 0) is 56.1 Å². The number of aliphatic hydroxyl groups excluding tert-OH is 2. The summed E-state index contributed by atoms with van der Waals surface area (Å²) in [4.78, 5) is 28.0. The van der Waals surface area contributed by atoms with E-state index in [9.17, 15) is 4.79 Å². The normalized spacial score (nSPS) is 14.6. The third-order valence-electron chi connectivity index (χ3n) is 6.31. The van der Waals surface area contributed by atoms with Crippen molar-refractivity contribution in [2.24, 2.45) is 5.92 Å². The van der Waals surface area contributed by atoms with E-state index >= 15 is 0 Å². The maximum atomic E-state index is 12.3. The average Bonchev–Trinajstić information content (AvgIpc) is 2.85. The predicted octanol–water partition coefficient (Wildman–Crippen LogP) is 2.46. The van der Waals surface area contributed by atoms with Gasteiger partial charge >= 0.3 is 0 Å². The molecule has 2 aromatic rings. The van der Waals surface area contributed by atoms with E-state index in [0.717, 1.165) is 44.7 Å². The molecule has 0 aliphatic carbocycles. The highest BCUT2D eigenvalue weighted by Crippen LogP contribution is 2.25. The number of pyridine rings is 1. The topological polar surface area (TPSA) is 121 Å². The van der Waals surface area contributed by atoms with Crippen molar-refractivity contribution in [3.63, 3.8) is 0 Å². The molecule has 2 aromatic heterocycles. The van der Waals surface area contributed by atoms with Crippen LogP contribution >= 0.6 is 0 Å². The zero-order valence-corrected chi connectivity index (χ0v) is 20.4. The second-order valence-corrected chi connectivity index (χ2v) is 9.21. The molecular formula is C25H37N5O4. The van der Waals surface area contributed by atoms with Crippen molar-refractivity contribution in [3.8, 4) is 5.88 Å². The summed E-state index contributed by atoms with van der Waals surface area (Å²) < 4.78 is 5.80. The highest BCUT2D eigenvalue weighted by atomic mass is 16.5. The summed E-state index contributed by atoms with van der Waals surface area (Å²) in [6.45, 7) is 7.91. The van der Waals surface area contributed by atoms with Crippen LogP contribution in [0.2, 0.25) is 0 Å². The SMILES string of the molecule is Cc1nc(OCCCC2CCN(c3ncc(C(C)C)cn3)CC2)ccc1C(=O)NC(CO)CO. The van der Waals surface area contributed by atoms with Crippen molar-refractivity contribution in [3.05, 3.63) is 41.3 Å². The summed E-state index contributed by atoms with van der Waals surface area (Å²) in [5.41, 5.74) is 2.10. The molecule has 0 radical (unpaired) electrons. The molecule has 1 amide bonds. The highest BCUT2D eigenvalue weighted by Gasteiger charge is 2.21. The maximum absolute atomic E-state index is 12.3. The number of aliphatic hydroxyl groups is 2. The molecule has 186 valence electrons. The van der Waals surface area contributed by atoms with Gasteiger partial charge in [-0.25, -0.2) is 15.0 Å². The van der Waals surface area contributed by atoms with Crippen molar-refractivity contribution in [1.82, 2.24) is 20.3 Å². The van der Waals surface area contributed by atoms with Crippen LogP contribution in [0, 0.1) is 12.8 Å². The van der Waals surface area contributed by atoms with E-state index in [-0.39, 0.29) is 19.1 Å².